The maximum Gasteiger partial charge on any atom is 0.245 e. The molecule has 2 rings (SSSR count). The van der Waals surface area contributed by atoms with Gasteiger partial charge in [-0.2, -0.15) is 4.74 Å². The number of hydrogen-bond donors (Lipinski definition) is 1. The van der Waals surface area contributed by atoms with Crippen molar-refractivity contribution in [2.45, 2.75) is 39.4 Å². The highest BCUT2D eigenvalue weighted by Crippen LogP contribution is 2.27. The van der Waals surface area contributed by atoms with E-state index in [1.807, 2.05) is 38.1 Å². The van der Waals surface area contributed by atoms with Crippen LogP contribution < -0.4 is 0 Å². The summed E-state index contributed by atoms with van der Waals surface area (Å²) in [5, 5.41) is 23.3. The van der Waals surface area contributed by atoms with Gasteiger partial charge in [0, 0.05) is 19.4 Å². The largest absolute Gasteiger partial charge is 0.622 e. The van der Waals surface area contributed by atoms with Gasteiger partial charge in [-0.15, -0.1) is 5.06 Å². The average molecular weight is 234 g/mol. The third-order valence-corrected chi connectivity index (χ3v) is 3.39. The molecule has 0 saturated carbocycles. The Hall–Kier alpha value is -1.39. The number of nitrogens with zero attached hydrogens (tertiary/aromatic N) is 2. The highest BCUT2D eigenvalue weighted by molar-refractivity contribution is 6.01. The summed E-state index contributed by atoms with van der Waals surface area (Å²) in [6, 6.07) is 7.47. The summed E-state index contributed by atoms with van der Waals surface area (Å²) in [6.07, 6.45) is 0. The second-order valence-corrected chi connectivity index (χ2v) is 5.06. The first kappa shape index (κ1) is 12.1. The summed E-state index contributed by atoms with van der Waals surface area (Å²) in [5.41, 5.74) is 1.71. The van der Waals surface area contributed by atoms with Crippen LogP contribution in [-0.2, 0) is 0 Å². The van der Waals surface area contributed by atoms with E-state index >= 15 is 0 Å². The fourth-order valence-corrected chi connectivity index (χ4v) is 2.23. The van der Waals surface area contributed by atoms with Gasteiger partial charge in [0.2, 0.25) is 11.4 Å². The monoisotopic (exact) mass is 234 g/mol. The molecule has 0 unspecified atom stereocenters. The van der Waals surface area contributed by atoms with Crippen LogP contribution in [0, 0.1) is 12.1 Å². The van der Waals surface area contributed by atoms with Crippen LogP contribution in [-0.4, -0.2) is 32.4 Å². The van der Waals surface area contributed by atoms with Crippen molar-refractivity contribution in [2.75, 3.05) is 0 Å². The van der Waals surface area contributed by atoms with Gasteiger partial charge in [-0.3, -0.25) is 0 Å². The Balaban J connectivity index is 2.51. The van der Waals surface area contributed by atoms with Crippen molar-refractivity contribution in [3.63, 3.8) is 0 Å². The van der Waals surface area contributed by atoms with Gasteiger partial charge in [0.05, 0.1) is 0 Å². The molecule has 0 spiro atoms. The standard InChI is InChI=1S/C13H18N2O2/c1-9-5-7-11(8-6-9)12-10(2)14(16)13(3,4)15(12)17/h5-8,10,16H,1-4H3/t10-/m1/s1. The fraction of sp³-hybridized carbons (Fsp3) is 0.462. The van der Waals surface area contributed by atoms with Crippen LogP contribution in [0.4, 0.5) is 0 Å². The van der Waals surface area contributed by atoms with Crippen LogP contribution in [0.25, 0.3) is 0 Å². The number of rotatable bonds is 1. The topological polar surface area (TPSA) is 49.5 Å². The van der Waals surface area contributed by atoms with Gasteiger partial charge in [0.25, 0.3) is 0 Å². The van der Waals surface area contributed by atoms with Gasteiger partial charge in [-0.05, 0) is 26.0 Å². The number of benzene rings is 1. The molecule has 0 saturated heterocycles. The first-order valence-electron chi connectivity index (χ1n) is 5.75. The van der Waals surface area contributed by atoms with E-state index in [0.29, 0.717) is 5.71 Å². The summed E-state index contributed by atoms with van der Waals surface area (Å²) in [5.74, 6) is 0. The molecule has 1 aromatic rings. The molecule has 4 nitrogen and oxygen atoms in total. The second-order valence-electron chi connectivity index (χ2n) is 5.06. The van der Waals surface area contributed by atoms with E-state index in [1.54, 1.807) is 13.8 Å². The van der Waals surface area contributed by atoms with E-state index in [9.17, 15) is 10.4 Å². The summed E-state index contributed by atoms with van der Waals surface area (Å²) in [6.45, 7) is 7.24. The van der Waals surface area contributed by atoms with Crippen LogP contribution in [0.3, 0.4) is 0 Å². The molecule has 92 valence electrons. The van der Waals surface area contributed by atoms with Crippen molar-refractivity contribution in [2.24, 2.45) is 0 Å². The molecular weight excluding hydrogens is 216 g/mol. The lowest BCUT2D eigenvalue weighted by Crippen LogP contribution is -2.45. The first-order chi connectivity index (χ1) is 7.85. The molecule has 4 heteroatoms. The number of hydroxylamine groups is 3. The molecule has 0 fully saturated rings. The molecule has 17 heavy (non-hydrogen) atoms. The Morgan fingerprint density at radius 3 is 2.24 bits per heavy atom. The zero-order chi connectivity index (χ0) is 12.8. The third-order valence-electron chi connectivity index (χ3n) is 3.39. The predicted octanol–water partition coefficient (Wildman–Crippen LogP) is 2.12. The third kappa shape index (κ3) is 1.73. The highest BCUT2D eigenvalue weighted by atomic mass is 16.6. The molecule has 1 aromatic carbocycles. The molecule has 1 aliphatic heterocycles. The van der Waals surface area contributed by atoms with Crippen molar-refractivity contribution >= 4 is 5.71 Å². The van der Waals surface area contributed by atoms with E-state index < -0.39 is 5.66 Å². The summed E-state index contributed by atoms with van der Waals surface area (Å²) < 4.78 is 0.891. The normalized spacial score (nSPS) is 24.4. The molecular formula is C13H18N2O2. The lowest BCUT2D eigenvalue weighted by atomic mass is 10.0. The van der Waals surface area contributed by atoms with Gasteiger partial charge in [0.1, 0.15) is 6.04 Å². The zero-order valence-corrected chi connectivity index (χ0v) is 10.6. The van der Waals surface area contributed by atoms with Gasteiger partial charge in [-0.25, -0.2) is 0 Å². The van der Waals surface area contributed by atoms with Crippen LogP contribution in [0.5, 0.6) is 0 Å². The molecule has 0 radical (unpaired) electrons. The predicted molar refractivity (Wildman–Crippen MR) is 66.1 cm³/mol. The van der Waals surface area contributed by atoms with E-state index in [-0.39, 0.29) is 6.04 Å². The lowest BCUT2D eigenvalue weighted by Gasteiger charge is -2.24. The summed E-state index contributed by atoms with van der Waals surface area (Å²) >= 11 is 0. The Morgan fingerprint density at radius 1 is 1.29 bits per heavy atom. The molecule has 0 aromatic heterocycles. The smallest absolute Gasteiger partial charge is 0.245 e. The van der Waals surface area contributed by atoms with Crippen LogP contribution in [0.15, 0.2) is 24.3 Å². The first-order valence-corrected chi connectivity index (χ1v) is 5.75. The minimum atomic E-state index is -0.917. The average Bonchev–Trinajstić information content (AvgIpc) is 2.43. The molecule has 1 heterocycles. The molecule has 1 aliphatic rings. The Labute approximate surface area is 101 Å². The fourth-order valence-electron chi connectivity index (χ4n) is 2.23. The highest BCUT2D eigenvalue weighted by Gasteiger charge is 2.49. The lowest BCUT2D eigenvalue weighted by molar-refractivity contribution is -0.579. The van der Waals surface area contributed by atoms with Gasteiger partial charge < -0.3 is 10.4 Å². The van der Waals surface area contributed by atoms with Crippen LogP contribution in [0.2, 0.25) is 0 Å². The Morgan fingerprint density at radius 2 is 1.82 bits per heavy atom. The zero-order valence-electron chi connectivity index (χ0n) is 10.6. The maximum absolute atomic E-state index is 12.2. The second kappa shape index (κ2) is 3.82. The van der Waals surface area contributed by atoms with Gasteiger partial charge in [0.15, 0.2) is 0 Å². The minimum absolute atomic E-state index is 0.301. The van der Waals surface area contributed by atoms with Crippen molar-refractivity contribution in [3.05, 3.63) is 40.6 Å². The van der Waals surface area contributed by atoms with Crippen molar-refractivity contribution in [3.8, 4) is 0 Å². The summed E-state index contributed by atoms with van der Waals surface area (Å²) in [7, 11) is 0. The number of aryl methyl sites for hydroxylation is 1. The summed E-state index contributed by atoms with van der Waals surface area (Å²) in [4.78, 5) is 0. The van der Waals surface area contributed by atoms with Crippen molar-refractivity contribution < 1.29 is 9.95 Å². The SMILES string of the molecule is Cc1ccc(C2=[N+]([O-])C(C)(C)N(O)[C@@H]2C)cc1. The van der Waals surface area contributed by atoms with Crippen molar-refractivity contribution in [1.29, 1.82) is 0 Å². The molecule has 0 bridgehead atoms. The van der Waals surface area contributed by atoms with E-state index in [4.69, 9.17) is 0 Å². The minimum Gasteiger partial charge on any atom is -0.622 e. The van der Waals surface area contributed by atoms with Gasteiger partial charge in [-0.1, -0.05) is 17.7 Å². The van der Waals surface area contributed by atoms with E-state index in [2.05, 4.69) is 0 Å². The van der Waals surface area contributed by atoms with E-state index in [1.165, 1.54) is 0 Å². The quantitative estimate of drug-likeness (QED) is 0.598. The Kier molecular flexibility index (Phi) is 2.72. The molecule has 0 aliphatic carbocycles. The van der Waals surface area contributed by atoms with Gasteiger partial charge >= 0.3 is 0 Å². The molecule has 1 N–H and O–H groups in total. The van der Waals surface area contributed by atoms with E-state index in [0.717, 1.165) is 20.9 Å². The number of hydrogen-bond acceptors (Lipinski definition) is 3. The van der Waals surface area contributed by atoms with Crippen LogP contribution >= 0.6 is 0 Å². The molecule has 0 amide bonds. The van der Waals surface area contributed by atoms with Crippen molar-refractivity contribution in [1.82, 2.24) is 5.06 Å². The maximum atomic E-state index is 12.2. The Bertz CT molecular complexity index is 463. The molecule has 1 atom stereocenters. The van der Waals surface area contributed by atoms with Crippen LogP contribution in [0.1, 0.15) is 31.9 Å².